The van der Waals surface area contributed by atoms with Crippen LogP contribution >= 0.6 is 0 Å². The van der Waals surface area contributed by atoms with E-state index in [1.54, 1.807) is 0 Å². The second-order valence-electron chi connectivity index (χ2n) is 5.06. The second kappa shape index (κ2) is 5.49. The first-order valence-electron chi connectivity index (χ1n) is 6.34. The first kappa shape index (κ1) is 14.9. The molecular weight excluding hydrogens is 285 g/mol. The Balaban J connectivity index is 2.28. The Morgan fingerprint density at radius 1 is 1.45 bits per heavy atom. The summed E-state index contributed by atoms with van der Waals surface area (Å²) < 4.78 is 40.2. The zero-order valence-corrected chi connectivity index (χ0v) is 11.8. The molecule has 1 aromatic carbocycles. The summed E-state index contributed by atoms with van der Waals surface area (Å²) in [5.74, 6) is -2.05. The summed E-state index contributed by atoms with van der Waals surface area (Å²) in [6.45, 7) is 1.67. The van der Waals surface area contributed by atoms with E-state index in [0.717, 1.165) is 31.4 Å². The molecule has 7 heteroatoms. The molecule has 0 saturated heterocycles. The first-order valence-corrected chi connectivity index (χ1v) is 7.82. The molecule has 0 unspecified atom stereocenters. The van der Waals surface area contributed by atoms with Gasteiger partial charge in [0.05, 0.1) is 10.5 Å². The van der Waals surface area contributed by atoms with Gasteiger partial charge in [-0.1, -0.05) is 6.42 Å². The Morgan fingerprint density at radius 3 is 2.60 bits per heavy atom. The maximum atomic E-state index is 13.6. The summed E-state index contributed by atoms with van der Waals surface area (Å²) >= 11 is 0. The molecule has 0 aliphatic heterocycles. The van der Waals surface area contributed by atoms with Crippen molar-refractivity contribution in [2.45, 2.75) is 31.1 Å². The molecule has 1 fully saturated rings. The third kappa shape index (κ3) is 2.99. The number of carbonyl (C=O) groups is 1. The van der Waals surface area contributed by atoms with Crippen LogP contribution < -0.4 is 4.72 Å². The van der Waals surface area contributed by atoms with E-state index in [2.05, 4.69) is 4.72 Å². The zero-order valence-electron chi connectivity index (χ0n) is 11.0. The van der Waals surface area contributed by atoms with Crippen LogP contribution in [0.3, 0.4) is 0 Å². The number of nitrogens with one attached hydrogen (secondary N) is 1. The lowest BCUT2D eigenvalue weighted by atomic mass is 9.86. The van der Waals surface area contributed by atoms with E-state index < -0.39 is 27.4 Å². The summed E-state index contributed by atoms with van der Waals surface area (Å²) in [6.07, 6.45) is 3.09. The fourth-order valence-corrected chi connectivity index (χ4v) is 3.28. The van der Waals surface area contributed by atoms with Crippen molar-refractivity contribution in [3.05, 3.63) is 29.1 Å². The van der Waals surface area contributed by atoms with E-state index >= 15 is 0 Å². The van der Waals surface area contributed by atoms with Crippen LogP contribution in [-0.4, -0.2) is 26.0 Å². The molecule has 0 spiro atoms. The maximum absolute atomic E-state index is 13.6. The molecule has 2 N–H and O–H groups in total. The van der Waals surface area contributed by atoms with Crippen molar-refractivity contribution < 1.29 is 22.7 Å². The van der Waals surface area contributed by atoms with Crippen molar-refractivity contribution in [2.24, 2.45) is 5.92 Å². The van der Waals surface area contributed by atoms with Gasteiger partial charge >= 0.3 is 5.97 Å². The predicted molar refractivity (Wildman–Crippen MR) is 70.6 cm³/mol. The fraction of sp³-hybridized carbons (Fsp3) is 0.462. The summed E-state index contributed by atoms with van der Waals surface area (Å²) in [5, 5.41) is 8.89. The third-order valence-corrected chi connectivity index (χ3v) is 4.96. The molecule has 0 bridgehead atoms. The molecule has 0 heterocycles. The molecule has 0 amide bonds. The first-order chi connectivity index (χ1) is 9.31. The van der Waals surface area contributed by atoms with Crippen LogP contribution in [-0.2, 0) is 10.0 Å². The van der Waals surface area contributed by atoms with Gasteiger partial charge in [-0.05, 0) is 43.4 Å². The lowest BCUT2D eigenvalue weighted by molar-refractivity contribution is 0.0691. The van der Waals surface area contributed by atoms with Gasteiger partial charge in [-0.2, -0.15) is 0 Å². The standard InChI is InChI=1S/C13H16FNO4S/c1-8-5-10(6-11(12(8)14)13(16)17)20(18,19)15-7-9-3-2-4-9/h5-6,9,15H,2-4,7H2,1H3,(H,16,17). The van der Waals surface area contributed by atoms with Crippen LogP contribution in [0, 0.1) is 18.7 Å². The van der Waals surface area contributed by atoms with Crippen molar-refractivity contribution in [3.63, 3.8) is 0 Å². The van der Waals surface area contributed by atoms with E-state index in [-0.39, 0.29) is 10.5 Å². The molecule has 1 aliphatic carbocycles. The number of carboxylic acid groups (broad SMARTS) is 1. The number of rotatable bonds is 5. The highest BCUT2D eigenvalue weighted by atomic mass is 32.2. The summed E-state index contributed by atoms with van der Waals surface area (Å²) in [7, 11) is -3.81. The number of sulfonamides is 1. The quantitative estimate of drug-likeness (QED) is 0.870. The summed E-state index contributed by atoms with van der Waals surface area (Å²) in [5.41, 5.74) is -0.636. The minimum Gasteiger partial charge on any atom is -0.478 e. The van der Waals surface area contributed by atoms with Crippen LogP contribution in [0.15, 0.2) is 17.0 Å². The lowest BCUT2D eigenvalue weighted by Gasteiger charge is -2.25. The normalized spacial score (nSPS) is 15.9. The molecule has 0 atom stereocenters. The molecule has 0 radical (unpaired) electrons. The molecule has 5 nitrogen and oxygen atoms in total. The second-order valence-corrected chi connectivity index (χ2v) is 6.82. The van der Waals surface area contributed by atoms with Crippen LogP contribution in [0.5, 0.6) is 0 Å². The van der Waals surface area contributed by atoms with Crippen molar-refractivity contribution in [2.75, 3.05) is 6.54 Å². The molecule has 1 aliphatic rings. The Kier molecular flexibility index (Phi) is 4.10. The number of halogens is 1. The average Bonchev–Trinajstić information content (AvgIpc) is 2.29. The van der Waals surface area contributed by atoms with Crippen molar-refractivity contribution >= 4 is 16.0 Å². The number of aryl methyl sites for hydroxylation is 1. The lowest BCUT2D eigenvalue weighted by Crippen LogP contribution is -2.32. The summed E-state index contributed by atoms with van der Waals surface area (Å²) in [4.78, 5) is 10.7. The number of aromatic carboxylic acids is 1. The van der Waals surface area contributed by atoms with E-state index in [1.807, 2.05) is 0 Å². The molecule has 110 valence electrons. The Hall–Kier alpha value is -1.47. The largest absolute Gasteiger partial charge is 0.478 e. The van der Waals surface area contributed by atoms with E-state index in [0.29, 0.717) is 12.5 Å². The van der Waals surface area contributed by atoms with Crippen molar-refractivity contribution in [1.29, 1.82) is 0 Å². The Morgan fingerprint density at radius 2 is 2.10 bits per heavy atom. The minimum atomic E-state index is -3.81. The zero-order chi connectivity index (χ0) is 14.9. The fourth-order valence-electron chi connectivity index (χ4n) is 2.06. The van der Waals surface area contributed by atoms with Crippen LogP contribution in [0.2, 0.25) is 0 Å². The minimum absolute atomic E-state index is 0.00563. The van der Waals surface area contributed by atoms with Crippen LogP contribution in [0.4, 0.5) is 4.39 Å². The van der Waals surface area contributed by atoms with Gasteiger partial charge in [0.2, 0.25) is 10.0 Å². The number of hydrogen-bond acceptors (Lipinski definition) is 3. The predicted octanol–water partition coefficient (Wildman–Crippen LogP) is 1.91. The van der Waals surface area contributed by atoms with Gasteiger partial charge in [-0.15, -0.1) is 0 Å². The van der Waals surface area contributed by atoms with Gasteiger partial charge in [0.25, 0.3) is 0 Å². The van der Waals surface area contributed by atoms with Crippen molar-refractivity contribution in [3.8, 4) is 0 Å². The van der Waals surface area contributed by atoms with E-state index in [4.69, 9.17) is 5.11 Å². The smallest absolute Gasteiger partial charge is 0.338 e. The van der Waals surface area contributed by atoms with E-state index in [9.17, 15) is 17.6 Å². The topological polar surface area (TPSA) is 83.5 Å². The highest BCUT2D eigenvalue weighted by Gasteiger charge is 2.24. The Bertz CT molecular complexity index is 638. The van der Waals surface area contributed by atoms with Crippen LogP contribution in [0.1, 0.15) is 35.2 Å². The molecule has 1 saturated carbocycles. The SMILES string of the molecule is Cc1cc(S(=O)(=O)NCC2CCC2)cc(C(=O)O)c1F. The van der Waals surface area contributed by atoms with E-state index in [1.165, 1.54) is 6.92 Å². The van der Waals surface area contributed by atoms with Gasteiger partial charge in [-0.25, -0.2) is 22.3 Å². The highest BCUT2D eigenvalue weighted by molar-refractivity contribution is 7.89. The molecule has 2 rings (SSSR count). The molecule has 0 aromatic heterocycles. The van der Waals surface area contributed by atoms with Gasteiger partial charge in [0.15, 0.2) is 0 Å². The van der Waals surface area contributed by atoms with Gasteiger partial charge in [-0.3, -0.25) is 0 Å². The monoisotopic (exact) mass is 301 g/mol. The molecule has 1 aromatic rings. The molecule has 20 heavy (non-hydrogen) atoms. The Labute approximate surface area is 116 Å². The van der Waals surface area contributed by atoms with Gasteiger partial charge in [0, 0.05) is 6.54 Å². The van der Waals surface area contributed by atoms with Crippen LogP contribution in [0.25, 0.3) is 0 Å². The number of carboxylic acids is 1. The van der Waals surface area contributed by atoms with Crippen molar-refractivity contribution in [1.82, 2.24) is 4.72 Å². The highest BCUT2D eigenvalue weighted by Crippen LogP contribution is 2.26. The van der Waals surface area contributed by atoms with Gasteiger partial charge in [0.1, 0.15) is 5.82 Å². The van der Waals surface area contributed by atoms with Gasteiger partial charge < -0.3 is 5.11 Å². The number of hydrogen-bond donors (Lipinski definition) is 2. The average molecular weight is 301 g/mol. The maximum Gasteiger partial charge on any atom is 0.338 e. The third-order valence-electron chi connectivity index (χ3n) is 3.56. The number of benzene rings is 1. The summed E-state index contributed by atoms with van der Waals surface area (Å²) in [6, 6.07) is 2.00. The molecular formula is C13H16FNO4S.